The summed E-state index contributed by atoms with van der Waals surface area (Å²) in [6, 6.07) is 6.75. The van der Waals surface area contributed by atoms with E-state index in [-0.39, 0.29) is 16.8 Å². The van der Waals surface area contributed by atoms with Gasteiger partial charge in [-0.05, 0) is 18.4 Å². The van der Waals surface area contributed by atoms with E-state index in [2.05, 4.69) is 4.72 Å². The van der Waals surface area contributed by atoms with Crippen LogP contribution in [0.3, 0.4) is 0 Å². The largest absolute Gasteiger partial charge is 0.389 e. The summed E-state index contributed by atoms with van der Waals surface area (Å²) in [6.07, 6.45) is 1.26. The van der Waals surface area contributed by atoms with Crippen molar-refractivity contribution in [1.29, 1.82) is 0 Å². The van der Waals surface area contributed by atoms with E-state index in [9.17, 15) is 12.6 Å². The second-order valence-corrected chi connectivity index (χ2v) is 8.95. The molecule has 0 aliphatic carbocycles. The van der Waals surface area contributed by atoms with Crippen LogP contribution in [-0.2, 0) is 26.6 Å². The Morgan fingerprint density at radius 3 is 2.38 bits per heavy atom. The van der Waals surface area contributed by atoms with Gasteiger partial charge < -0.3 is 5.73 Å². The second kappa shape index (κ2) is 6.95. The smallest absolute Gasteiger partial charge is 0.216 e. The van der Waals surface area contributed by atoms with Gasteiger partial charge in [0, 0.05) is 33.9 Å². The van der Waals surface area contributed by atoms with E-state index in [1.165, 1.54) is 0 Å². The predicted molar refractivity (Wildman–Crippen MR) is 89.0 cm³/mol. The third-order valence-corrected chi connectivity index (χ3v) is 6.35. The molecule has 1 aliphatic heterocycles. The van der Waals surface area contributed by atoms with Gasteiger partial charge in [-0.2, -0.15) is 0 Å². The topological polar surface area (TPSA) is 89.3 Å². The van der Waals surface area contributed by atoms with Crippen LogP contribution in [0.1, 0.15) is 24.0 Å². The van der Waals surface area contributed by atoms with Gasteiger partial charge in [-0.15, -0.1) is 0 Å². The fourth-order valence-corrected chi connectivity index (χ4v) is 5.09. The molecule has 1 aliphatic rings. The third-order valence-electron chi connectivity index (χ3n) is 3.33. The standard InChI is InChI=1S/C13H18N2O3S3/c14-13(19)11-3-1-10(2-4-11)9-21(17,18)15-12-5-7-20(16)8-6-12/h1-4,12,15H,5-9H2,(H2,14,19). The van der Waals surface area contributed by atoms with E-state index in [0.717, 1.165) is 0 Å². The highest BCUT2D eigenvalue weighted by molar-refractivity contribution is 7.88. The van der Waals surface area contributed by atoms with Gasteiger partial charge >= 0.3 is 0 Å². The van der Waals surface area contributed by atoms with Crippen LogP contribution in [0.25, 0.3) is 0 Å². The number of benzene rings is 1. The average Bonchev–Trinajstić information content (AvgIpc) is 2.41. The molecule has 0 saturated carbocycles. The number of nitrogens with two attached hydrogens (primary N) is 1. The van der Waals surface area contributed by atoms with Gasteiger partial charge in [-0.25, -0.2) is 13.1 Å². The van der Waals surface area contributed by atoms with Gasteiger partial charge in [0.2, 0.25) is 10.0 Å². The molecule has 1 aromatic carbocycles. The van der Waals surface area contributed by atoms with Crippen molar-refractivity contribution in [2.24, 2.45) is 5.73 Å². The fourth-order valence-electron chi connectivity index (χ4n) is 2.19. The van der Waals surface area contributed by atoms with Crippen LogP contribution in [-0.4, -0.2) is 35.2 Å². The zero-order valence-electron chi connectivity index (χ0n) is 11.4. The summed E-state index contributed by atoms with van der Waals surface area (Å²) in [6.45, 7) is 0. The Morgan fingerprint density at radius 1 is 1.29 bits per heavy atom. The Kier molecular flexibility index (Phi) is 5.48. The minimum atomic E-state index is -3.40. The number of sulfonamides is 1. The number of thiocarbonyl (C=S) groups is 1. The fraction of sp³-hybridized carbons (Fsp3) is 0.462. The number of rotatable bonds is 5. The van der Waals surface area contributed by atoms with Gasteiger partial charge in [-0.3, -0.25) is 4.21 Å². The Labute approximate surface area is 132 Å². The van der Waals surface area contributed by atoms with Crippen LogP contribution in [0.15, 0.2) is 24.3 Å². The molecule has 8 heteroatoms. The minimum absolute atomic E-state index is 0.0792. The highest BCUT2D eigenvalue weighted by atomic mass is 32.2. The maximum Gasteiger partial charge on any atom is 0.216 e. The van der Waals surface area contributed by atoms with Crippen molar-refractivity contribution in [2.75, 3.05) is 11.5 Å². The summed E-state index contributed by atoms with van der Waals surface area (Å²) in [7, 11) is -4.19. The Balaban J connectivity index is 1.97. The normalized spacial score (nSPS) is 22.9. The van der Waals surface area contributed by atoms with Gasteiger partial charge in [0.05, 0.1) is 5.75 Å². The number of hydrogen-bond donors (Lipinski definition) is 2. The molecule has 0 aromatic heterocycles. The Morgan fingerprint density at radius 2 is 1.86 bits per heavy atom. The molecule has 21 heavy (non-hydrogen) atoms. The molecule has 0 amide bonds. The van der Waals surface area contributed by atoms with Gasteiger partial charge in [-0.1, -0.05) is 36.5 Å². The maximum absolute atomic E-state index is 12.1. The zero-order chi connectivity index (χ0) is 15.5. The lowest BCUT2D eigenvalue weighted by molar-refractivity contribution is 0.521. The SMILES string of the molecule is NC(=S)c1ccc(CS(=O)(=O)NC2CCS(=O)CC2)cc1. The van der Waals surface area contributed by atoms with Gasteiger partial charge in [0.25, 0.3) is 0 Å². The summed E-state index contributed by atoms with van der Waals surface area (Å²) in [5.41, 5.74) is 6.90. The van der Waals surface area contributed by atoms with Crippen molar-refractivity contribution in [2.45, 2.75) is 24.6 Å². The van der Waals surface area contributed by atoms with Gasteiger partial charge in [0.15, 0.2) is 0 Å². The molecular weight excluding hydrogens is 328 g/mol. The van der Waals surface area contributed by atoms with Crippen molar-refractivity contribution in [3.05, 3.63) is 35.4 Å². The van der Waals surface area contributed by atoms with Crippen molar-refractivity contribution in [3.63, 3.8) is 0 Å². The lowest BCUT2D eigenvalue weighted by atomic mass is 10.1. The molecule has 0 spiro atoms. The van der Waals surface area contributed by atoms with Crippen LogP contribution in [0.5, 0.6) is 0 Å². The summed E-state index contributed by atoms with van der Waals surface area (Å²) in [5.74, 6) is 1.05. The number of hydrogen-bond acceptors (Lipinski definition) is 4. The Bertz CT molecular complexity index is 631. The first-order chi connectivity index (χ1) is 9.85. The molecule has 1 saturated heterocycles. The van der Waals surface area contributed by atoms with E-state index in [4.69, 9.17) is 18.0 Å². The maximum atomic E-state index is 12.1. The molecule has 0 radical (unpaired) electrons. The molecular formula is C13H18N2O3S3. The molecule has 3 N–H and O–H groups in total. The molecule has 5 nitrogen and oxygen atoms in total. The lowest BCUT2D eigenvalue weighted by Gasteiger charge is -2.22. The first-order valence-corrected chi connectivity index (χ1v) is 10.1. The van der Waals surface area contributed by atoms with Crippen LogP contribution >= 0.6 is 12.2 Å². The molecule has 0 atom stereocenters. The van der Waals surface area contributed by atoms with Crippen LogP contribution in [0.4, 0.5) is 0 Å². The monoisotopic (exact) mass is 346 g/mol. The van der Waals surface area contributed by atoms with Crippen molar-refractivity contribution < 1.29 is 12.6 Å². The van der Waals surface area contributed by atoms with E-state index in [1.807, 2.05) is 0 Å². The highest BCUT2D eigenvalue weighted by Crippen LogP contribution is 2.13. The van der Waals surface area contributed by atoms with Crippen LogP contribution in [0, 0.1) is 0 Å². The van der Waals surface area contributed by atoms with Crippen LogP contribution < -0.4 is 10.5 Å². The first-order valence-electron chi connectivity index (χ1n) is 6.59. The van der Waals surface area contributed by atoms with E-state index in [1.54, 1.807) is 24.3 Å². The molecule has 0 unspecified atom stereocenters. The van der Waals surface area contributed by atoms with Crippen molar-refractivity contribution in [3.8, 4) is 0 Å². The predicted octanol–water partition coefficient (Wildman–Crippen LogP) is 0.651. The molecule has 0 bridgehead atoms. The van der Waals surface area contributed by atoms with Crippen molar-refractivity contribution >= 4 is 38.0 Å². The lowest BCUT2D eigenvalue weighted by Crippen LogP contribution is -2.40. The molecule has 116 valence electrons. The molecule has 2 rings (SSSR count). The average molecular weight is 346 g/mol. The second-order valence-electron chi connectivity index (χ2n) is 5.06. The van der Waals surface area contributed by atoms with Crippen LogP contribution in [0.2, 0.25) is 0 Å². The minimum Gasteiger partial charge on any atom is -0.389 e. The van der Waals surface area contributed by atoms with E-state index >= 15 is 0 Å². The van der Waals surface area contributed by atoms with Crippen molar-refractivity contribution in [1.82, 2.24) is 4.72 Å². The molecule has 1 fully saturated rings. The summed E-state index contributed by atoms with van der Waals surface area (Å²) in [5, 5.41) is 0. The summed E-state index contributed by atoms with van der Waals surface area (Å²) in [4.78, 5) is 0.290. The van der Waals surface area contributed by atoms with E-state index < -0.39 is 20.8 Å². The Hall–Kier alpha value is -0.830. The quantitative estimate of drug-likeness (QED) is 0.764. The first kappa shape index (κ1) is 16.5. The third kappa shape index (κ3) is 5.14. The van der Waals surface area contributed by atoms with E-state index in [0.29, 0.717) is 35.5 Å². The van der Waals surface area contributed by atoms with Gasteiger partial charge in [0.1, 0.15) is 4.99 Å². The number of nitrogens with one attached hydrogen (secondary N) is 1. The summed E-state index contributed by atoms with van der Waals surface area (Å²) >= 11 is 4.86. The summed E-state index contributed by atoms with van der Waals surface area (Å²) < 4.78 is 38.2. The zero-order valence-corrected chi connectivity index (χ0v) is 13.9. The molecule has 1 heterocycles. The molecule has 1 aromatic rings. The highest BCUT2D eigenvalue weighted by Gasteiger charge is 2.22.